The molecule has 0 radical (unpaired) electrons. The van der Waals surface area contributed by atoms with E-state index in [1.165, 1.54) is 0 Å². The second-order valence-electron chi connectivity index (χ2n) is 4.58. The van der Waals surface area contributed by atoms with Crippen molar-refractivity contribution in [3.05, 3.63) is 15.9 Å². The van der Waals surface area contributed by atoms with Gasteiger partial charge in [0.05, 0.1) is 11.1 Å². The predicted octanol–water partition coefficient (Wildman–Crippen LogP) is 1.98. The fourth-order valence-corrected chi connectivity index (χ4v) is 2.45. The van der Waals surface area contributed by atoms with E-state index in [-0.39, 0.29) is 5.91 Å². The summed E-state index contributed by atoms with van der Waals surface area (Å²) >= 11 is 3.40. The third-order valence-electron chi connectivity index (χ3n) is 3.25. The summed E-state index contributed by atoms with van der Waals surface area (Å²) in [6.45, 7) is 6.86. The van der Waals surface area contributed by atoms with Gasteiger partial charge < -0.3 is 9.64 Å². The minimum Gasteiger partial charge on any atom is -0.381 e. The van der Waals surface area contributed by atoms with Crippen molar-refractivity contribution in [3.63, 3.8) is 0 Å². The Kier molecular flexibility index (Phi) is 4.40. The van der Waals surface area contributed by atoms with Crippen LogP contribution in [0.25, 0.3) is 0 Å². The lowest BCUT2D eigenvalue weighted by Crippen LogP contribution is -2.35. The van der Waals surface area contributed by atoms with Gasteiger partial charge in [-0.15, -0.1) is 0 Å². The first-order valence-electron chi connectivity index (χ1n) is 6.21. The molecule has 1 atom stereocenters. The monoisotopic (exact) mass is 315 g/mol. The molecule has 2 rings (SSSR count). The highest BCUT2D eigenvalue weighted by Gasteiger charge is 2.25. The summed E-state index contributed by atoms with van der Waals surface area (Å²) in [7, 11) is 0. The maximum Gasteiger partial charge on any atom is 0.275 e. The van der Waals surface area contributed by atoms with Crippen molar-refractivity contribution in [1.82, 2.24) is 15.1 Å². The Balaban J connectivity index is 2.07. The number of hydrogen-bond acceptors (Lipinski definition) is 3. The summed E-state index contributed by atoms with van der Waals surface area (Å²) in [6.07, 6.45) is 1.03. The van der Waals surface area contributed by atoms with E-state index in [0.29, 0.717) is 18.2 Å². The number of hydrogen-bond donors (Lipinski definition) is 1. The fourth-order valence-electron chi connectivity index (χ4n) is 2.10. The highest BCUT2D eigenvalue weighted by molar-refractivity contribution is 9.10. The van der Waals surface area contributed by atoms with E-state index >= 15 is 0 Å². The van der Waals surface area contributed by atoms with Crippen LogP contribution in [0.5, 0.6) is 0 Å². The topological polar surface area (TPSA) is 58.2 Å². The van der Waals surface area contributed by atoms with E-state index in [1.54, 1.807) is 0 Å². The van der Waals surface area contributed by atoms with Gasteiger partial charge in [0.25, 0.3) is 5.91 Å². The summed E-state index contributed by atoms with van der Waals surface area (Å²) in [5.74, 6) is 0.424. The number of H-pyrrole nitrogens is 1. The number of halogens is 1. The summed E-state index contributed by atoms with van der Waals surface area (Å²) in [5.41, 5.74) is 1.34. The molecule has 6 heteroatoms. The molecule has 2 heterocycles. The molecule has 1 amide bonds. The number of ether oxygens (including phenoxy) is 1. The number of aromatic nitrogens is 2. The number of aromatic amines is 1. The van der Waals surface area contributed by atoms with E-state index in [2.05, 4.69) is 26.1 Å². The number of carbonyl (C=O) groups excluding carboxylic acids is 1. The minimum absolute atomic E-state index is 0.0272. The van der Waals surface area contributed by atoms with Gasteiger partial charge >= 0.3 is 0 Å². The smallest absolute Gasteiger partial charge is 0.275 e. The predicted molar refractivity (Wildman–Crippen MR) is 71.5 cm³/mol. The molecule has 0 spiro atoms. The van der Waals surface area contributed by atoms with E-state index in [1.807, 2.05) is 18.7 Å². The van der Waals surface area contributed by atoms with Gasteiger partial charge in [-0.2, -0.15) is 5.10 Å². The Labute approximate surface area is 115 Å². The average molecular weight is 316 g/mol. The number of nitrogens with one attached hydrogen (secondary N) is 1. The largest absolute Gasteiger partial charge is 0.381 e. The molecular formula is C12H18BrN3O2. The van der Waals surface area contributed by atoms with Gasteiger partial charge in [-0.25, -0.2) is 0 Å². The molecule has 1 aromatic heterocycles. The highest BCUT2D eigenvalue weighted by Crippen LogP contribution is 2.21. The van der Waals surface area contributed by atoms with Crippen LogP contribution in [-0.2, 0) is 4.74 Å². The summed E-state index contributed by atoms with van der Waals surface area (Å²) in [4.78, 5) is 14.2. The summed E-state index contributed by atoms with van der Waals surface area (Å²) in [5, 5.41) is 6.89. The van der Waals surface area contributed by atoms with Gasteiger partial charge in [0, 0.05) is 31.3 Å². The second kappa shape index (κ2) is 5.84. The third kappa shape index (κ3) is 2.75. The zero-order valence-corrected chi connectivity index (χ0v) is 12.3. The van der Waals surface area contributed by atoms with Crippen LogP contribution < -0.4 is 0 Å². The second-order valence-corrected chi connectivity index (χ2v) is 5.38. The highest BCUT2D eigenvalue weighted by atomic mass is 79.9. The standard InChI is InChI=1S/C12H18BrN3O2/c1-3-16(6-9-4-5-18-7-9)12(17)11-10(13)8(2)14-15-11/h9H,3-7H2,1-2H3,(H,14,15)/t9-/m0/s1. The Morgan fingerprint density at radius 3 is 2.94 bits per heavy atom. The lowest BCUT2D eigenvalue weighted by atomic mass is 10.1. The molecule has 0 saturated carbocycles. The van der Waals surface area contributed by atoms with Crippen molar-refractivity contribution >= 4 is 21.8 Å². The molecule has 100 valence electrons. The van der Waals surface area contributed by atoms with Crippen LogP contribution in [0, 0.1) is 12.8 Å². The molecule has 0 aliphatic carbocycles. The molecule has 0 unspecified atom stereocenters. The zero-order valence-electron chi connectivity index (χ0n) is 10.7. The molecule has 1 aliphatic heterocycles. The molecule has 5 nitrogen and oxygen atoms in total. The van der Waals surface area contributed by atoms with Gasteiger partial charge in [0.2, 0.25) is 0 Å². The molecule has 1 aromatic rings. The van der Waals surface area contributed by atoms with Crippen LogP contribution in [0.3, 0.4) is 0 Å². The molecule has 1 fully saturated rings. The van der Waals surface area contributed by atoms with E-state index in [4.69, 9.17) is 4.74 Å². The van der Waals surface area contributed by atoms with Crippen molar-refractivity contribution in [2.24, 2.45) is 5.92 Å². The quantitative estimate of drug-likeness (QED) is 0.924. The lowest BCUT2D eigenvalue weighted by molar-refractivity contribution is 0.0724. The molecule has 18 heavy (non-hydrogen) atoms. The molecule has 0 aromatic carbocycles. The van der Waals surface area contributed by atoms with Crippen LogP contribution in [0.2, 0.25) is 0 Å². The Morgan fingerprint density at radius 1 is 1.67 bits per heavy atom. The van der Waals surface area contributed by atoms with E-state index < -0.39 is 0 Å². The zero-order chi connectivity index (χ0) is 13.1. The maximum atomic E-state index is 12.4. The van der Waals surface area contributed by atoms with Crippen molar-refractivity contribution in [3.8, 4) is 0 Å². The normalized spacial score (nSPS) is 19.2. The van der Waals surface area contributed by atoms with Crippen LogP contribution in [-0.4, -0.2) is 47.3 Å². The number of nitrogens with zero attached hydrogens (tertiary/aromatic N) is 2. The summed E-state index contributed by atoms with van der Waals surface area (Å²) in [6, 6.07) is 0. The van der Waals surface area contributed by atoms with Crippen LogP contribution in [0.1, 0.15) is 29.5 Å². The van der Waals surface area contributed by atoms with Crippen LogP contribution in [0.4, 0.5) is 0 Å². The van der Waals surface area contributed by atoms with Crippen LogP contribution in [0.15, 0.2) is 4.47 Å². The van der Waals surface area contributed by atoms with E-state index in [0.717, 1.165) is 36.3 Å². The average Bonchev–Trinajstić information content (AvgIpc) is 2.98. The van der Waals surface area contributed by atoms with Gasteiger partial charge in [-0.3, -0.25) is 9.89 Å². The summed E-state index contributed by atoms with van der Waals surface area (Å²) < 4.78 is 6.10. The Bertz CT molecular complexity index is 427. The Morgan fingerprint density at radius 2 is 2.44 bits per heavy atom. The first-order valence-corrected chi connectivity index (χ1v) is 7.00. The maximum absolute atomic E-state index is 12.4. The van der Waals surface area contributed by atoms with E-state index in [9.17, 15) is 4.79 Å². The lowest BCUT2D eigenvalue weighted by Gasteiger charge is -2.22. The van der Waals surface area contributed by atoms with Gasteiger partial charge in [0.15, 0.2) is 5.69 Å². The number of rotatable bonds is 4. The van der Waals surface area contributed by atoms with Crippen molar-refractivity contribution < 1.29 is 9.53 Å². The molecular weight excluding hydrogens is 298 g/mol. The number of amides is 1. The SMILES string of the molecule is CCN(C[C@@H]1CCOC1)C(=O)c1n[nH]c(C)c1Br. The molecule has 1 aliphatic rings. The molecule has 1 saturated heterocycles. The minimum atomic E-state index is -0.0272. The number of carbonyl (C=O) groups is 1. The fraction of sp³-hybridized carbons (Fsp3) is 0.667. The first-order chi connectivity index (χ1) is 8.63. The third-order valence-corrected chi connectivity index (χ3v) is 4.22. The number of aryl methyl sites for hydroxylation is 1. The van der Waals surface area contributed by atoms with Crippen molar-refractivity contribution in [2.45, 2.75) is 20.3 Å². The van der Waals surface area contributed by atoms with Gasteiger partial charge in [0.1, 0.15) is 0 Å². The van der Waals surface area contributed by atoms with Gasteiger partial charge in [-0.1, -0.05) is 0 Å². The van der Waals surface area contributed by atoms with Gasteiger partial charge in [-0.05, 0) is 36.2 Å². The Hall–Kier alpha value is -0.880. The van der Waals surface area contributed by atoms with Crippen molar-refractivity contribution in [1.29, 1.82) is 0 Å². The van der Waals surface area contributed by atoms with Crippen molar-refractivity contribution in [2.75, 3.05) is 26.3 Å². The molecule has 0 bridgehead atoms. The van der Waals surface area contributed by atoms with Crippen LogP contribution >= 0.6 is 15.9 Å². The first kappa shape index (κ1) is 13.5. The molecule has 1 N–H and O–H groups in total.